The molecule has 0 fully saturated rings. The van der Waals surface area contributed by atoms with Gasteiger partial charge in [-0.25, -0.2) is 4.98 Å². The molecule has 0 amide bonds. The maximum Gasteiger partial charge on any atom is 0.303 e. The van der Waals surface area contributed by atoms with E-state index in [0.717, 1.165) is 5.69 Å². The van der Waals surface area contributed by atoms with Crippen LogP contribution >= 0.6 is 0 Å². The molecule has 0 saturated carbocycles. The molecule has 1 atom stereocenters. The summed E-state index contributed by atoms with van der Waals surface area (Å²) in [5.41, 5.74) is 0.796. The minimum atomic E-state index is -0.804. The van der Waals surface area contributed by atoms with Crippen molar-refractivity contribution in [3.8, 4) is 5.88 Å². The van der Waals surface area contributed by atoms with E-state index in [9.17, 15) is 4.79 Å². The lowest BCUT2D eigenvalue weighted by Crippen LogP contribution is -2.18. The van der Waals surface area contributed by atoms with E-state index in [1.54, 1.807) is 13.2 Å². The first-order chi connectivity index (χ1) is 8.01. The van der Waals surface area contributed by atoms with Gasteiger partial charge in [-0.05, 0) is 20.3 Å². The molecule has 1 aromatic heterocycles. The van der Waals surface area contributed by atoms with Crippen LogP contribution in [0.1, 0.15) is 25.5 Å². The van der Waals surface area contributed by atoms with Gasteiger partial charge in [0.2, 0.25) is 11.8 Å². The highest BCUT2D eigenvalue weighted by Crippen LogP contribution is 2.12. The van der Waals surface area contributed by atoms with Crippen LogP contribution in [0.5, 0.6) is 5.88 Å². The van der Waals surface area contributed by atoms with Crippen LogP contribution in [-0.4, -0.2) is 34.2 Å². The van der Waals surface area contributed by atoms with E-state index in [1.807, 2.05) is 13.8 Å². The van der Waals surface area contributed by atoms with Gasteiger partial charge >= 0.3 is 5.97 Å². The summed E-state index contributed by atoms with van der Waals surface area (Å²) < 4.78 is 5.03. The van der Waals surface area contributed by atoms with E-state index in [1.165, 1.54) is 0 Å². The van der Waals surface area contributed by atoms with Crippen LogP contribution in [0, 0.1) is 6.92 Å². The number of carbonyl (C=O) groups is 1. The van der Waals surface area contributed by atoms with E-state index >= 15 is 0 Å². The highest BCUT2D eigenvalue weighted by atomic mass is 16.5. The second-order valence-corrected chi connectivity index (χ2v) is 3.85. The van der Waals surface area contributed by atoms with E-state index in [4.69, 9.17) is 9.84 Å². The molecule has 0 aliphatic heterocycles. The lowest BCUT2D eigenvalue weighted by atomic mass is 10.2. The number of methoxy groups -OCH3 is 1. The average molecular weight is 239 g/mol. The van der Waals surface area contributed by atoms with Crippen LogP contribution < -0.4 is 10.1 Å². The number of carboxylic acids is 1. The monoisotopic (exact) mass is 239 g/mol. The molecule has 1 unspecified atom stereocenters. The van der Waals surface area contributed by atoms with Gasteiger partial charge in [0.25, 0.3) is 0 Å². The summed E-state index contributed by atoms with van der Waals surface area (Å²) in [6, 6.07) is 1.73. The van der Waals surface area contributed by atoms with E-state index in [0.29, 0.717) is 18.2 Å². The molecule has 0 saturated heterocycles. The van der Waals surface area contributed by atoms with Crippen molar-refractivity contribution in [2.24, 2.45) is 0 Å². The fourth-order valence-corrected chi connectivity index (χ4v) is 1.34. The van der Waals surface area contributed by atoms with Gasteiger partial charge < -0.3 is 15.2 Å². The van der Waals surface area contributed by atoms with Crippen molar-refractivity contribution in [2.75, 3.05) is 12.4 Å². The number of ether oxygens (including phenoxy) is 1. The van der Waals surface area contributed by atoms with E-state index < -0.39 is 5.97 Å². The molecule has 1 rings (SSSR count). The second-order valence-electron chi connectivity index (χ2n) is 3.85. The molecule has 94 valence electrons. The molecular weight excluding hydrogens is 222 g/mol. The number of anilines is 1. The van der Waals surface area contributed by atoms with Crippen LogP contribution in [-0.2, 0) is 4.79 Å². The molecule has 6 heteroatoms. The Bertz CT molecular complexity index is 396. The van der Waals surface area contributed by atoms with Crippen molar-refractivity contribution >= 4 is 11.9 Å². The van der Waals surface area contributed by atoms with Crippen molar-refractivity contribution in [2.45, 2.75) is 32.7 Å². The largest absolute Gasteiger partial charge is 0.481 e. The van der Waals surface area contributed by atoms with Crippen molar-refractivity contribution in [3.05, 3.63) is 11.8 Å². The first kappa shape index (κ1) is 13.2. The van der Waals surface area contributed by atoms with Gasteiger partial charge in [0, 0.05) is 24.2 Å². The highest BCUT2D eigenvalue weighted by molar-refractivity contribution is 5.66. The van der Waals surface area contributed by atoms with Crippen LogP contribution in [0.3, 0.4) is 0 Å². The van der Waals surface area contributed by atoms with Gasteiger partial charge in [0.15, 0.2) is 0 Å². The molecule has 0 aromatic carbocycles. The Hall–Kier alpha value is -1.85. The molecule has 2 N–H and O–H groups in total. The standard InChI is InChI=1S/C11H17N3O3/c1-7(4-5-10(15)16)12-11-13-8(2)6-9(14-11)17-3/h6-7H,4-5H2,1-3H3,(H,15,16)(H,12,13,14). The van der Waals surface area contributed by atoms with Gasteiger partial charge in [-0.3, -0.25) is 4.79 Å². The zero-order chi connectivity index (χ0) is 12.8. The Morgan fingerprint density at radius 2 is 2.29 bits per heavy atom. The number of rotatable bonds is 6. The predicted octanol–water partition coefficient (Wildman–Crippen LogP) is 1.46. The molecule has 17 heavy (non-hydrogen) atoms. The SMILES string of the molecule is COc1cc(C)nc(NC(C)CCC(=O)O)n1. The Morgan fingerprint density at radius 1 is 1.59 bits per heavy atom. The zero-order valence-corrected chi connectivity index (χ0v) is 10.2. The van der Waals surface area contributed by atoms with E-state index in [-0.39, 0.29) is 12.5 Å². The van der Waals surface area contributed by atoms with Crippen LogP contribution in [0.15, 0.2) is 6.07 Å². The molecule has 0 aliphatic carbocycles. The third kappa shape index (κ3) is 4.67. The normalized spacial score (nSPS) is 11.9. The average Bonchev–Trinajstić information content (AvgIpc) is 2.25. The predicted molar refractivity (Wildman–Crippen MR) is 63.3 cm³/mol. The molecule has 6 nitrogen and oxygen atoms in total. The van der Waals surface area contributed by atoms with Crippen LogP contribution in [0.25, 0.3) is 0 Å². The zero-order valence-electron chi connectivity index (χ0n) is 10.2. The summed E-state index contributed by atoms with van der Waals surface area (Å²) in [6.07, 6.45) is 0.645. The number of nitrogens with one attached hydrogen (secondary N) is 1. The number of hydrogen-bond donors (Lipinski definition) is 2. The highest BCUT2D eigenvalue weighted by Gasteiger charge is 2.08. The molecule has 1 aromatic rings. The summed E-state index contributed by atoms with van der Waals surface area (Å²) in [5.74, 6) is 0.145. The lowest BCUT2D eigenvalue weighted by molar-refractivity contribution is -0.137. The van der Waals surface area contributed by atoms with Gasteiger partial charge in [0.05, 0.1) is 7.11 Å². The molecular formula is C11H17N3O3. The second kappa shape index (κ2) is 6.03. The van der Waals surface area contributed by atoms with Crippen molar-refractivity contribution < 1.29 is 14.6 Å². The van der Waals surface area contributed by atoms with Gasteiger partial charge in [-0.1, -0.05) is 0 Å². The third-order valence-electron chi connectivity index (χ3n) is 2.21. The Morgan fingerprint density at radius 3 is 2.88 bits per heavy atom. The van der Waals surface area contributed by atoms with Gasteiger partial charge in [0.1, 0.15) is 0 Å². The number of aryl methyl sites for hydroxylation is 1. The summed E-state index contributed by atoms with van der Waals surface area (Å²) in [5, 5.41) is 11.6. The van der Waals surface area contributed by atoms with Crippen molar-refractivity contribution in [3.63, 3.8) is 0 Å². The minimum absolute atomic E-state index is 0.00222. The molecule has 0 aliphatic rings. The molecule has 1 heterocycles. The Labute approximate surface area is 100 Å². The topological polar surface area (TPSA) is 84.3 Å². The number of nitrogens with zero attached hydrogens (tertiary/aromatic N) is 2. The first-order valence-corrected chi connectivity index (χ1v) is 5.39. The molecule has 0 spiro atoms. The summed E-state index contributed by atoms with van der Waals surface area (Å²) in [6.45, 7) is 3.73. The van der Waals surface area contributed by atoms with Crippen LogP contribution in [0.4, 0.5) is 5.95 Å². The first-order valence-electron chi connectivity index (χ1n) is 5.39. The Balaban J connectivity index is 2.61. The number of aromatic nitrogens is 2. The van der Waals surface area contributed by atoms with Crippen molar-refractivity contribution in [1.82, 2.24) is 9.97 Å². The van der Waals surface area contributed by atoms with E-state index in [2.05, 4.69) is 15.3 Å². The minimum Gasteiger partial charge on any atom is -0.481 e. The number of carboxylic acid groups (broad SMARTS) is 1. The van der Waals surface area contributed by atoms with Gasteiger partial charge in [-0.2, -0.15) is 4.98 Å². The third-order valence-corrected chi connectivity index (χ3v) is 2.21. The Kier molecular flexibility index (Phi) is 4.68. The lowest BCUT2D eigenvalue weighted by Gasteiger charge is -2.13. The molecule has 0 bridgehead atoms. The van der Waals surface area contributed by atoms with Crippen molar-refractivity contribution in [1.29, 1.82) is 0 Å². The summed E-state index contributed by atoms with van der Waals surface area (Å²) >= 11 is 0. The quantitative estimate of drug-likeness (QED) is 0.781. The fraction of sp³-hybridized carbons (Fsp3) is 0.545. The maximum atomic E-state index is 10.4. The summed E-state index contributed by atoms with van der Waals surface area (Å²) in [4.78, 5) is 18.8. The van der Waals surface area contributed by atoms with Gasteiger partial charge in [-0.15, -0.1) is 0 Å². The number of aliphatic carboxylic acids is 1. The number of hydrogen-bond acceptors (Lipinski definition) is 5. The van der Waals surface area contributed by atoms with Crippen LogP contribution in [0.2, 0.25) is 0 Å². The maximum absolute atomic E-state index is 10.4. The fourth-order valence-electron chi connectivity index (χ4n) is 1.34. The summed E-state index contributed by atoms with van der Waals surface area (Å²) in [7, 11) is 1.54. The smallest absolute Gasteiger partial charge is 0.303 e. The molecule has 0 radical (unpaired) electrons.